The molecule has 0 aliphatic heterocycles. The molecule has 1 aliphatic rings. The second kappa shape index (κ2) is 14.2. The van der Waals surface area contributed by atoms with Gasteiger partial charge in [-0.1, -0.05) is 172 Å². The predicted molar refractivity (Wildman–Crippen MR) is 278 cm³/mol. The lowest BCUT2D eigenvalue weighted by Gasteiger charge is -2.34. The Balaban J connectivity index is 1.14. The van der Waals surface area contributed by atoms with E-state index in [0.717, 1.165) is 99.9 Å². The molecule has 0 radical (unpaired) electrons. The van der Waals surface area contributed by atoms with E-state index in [1.165, 1.54) is 33.0 Å². The Bertz CT molecular complexity index is 4110. The summed E-state index contributed by atoms with van der Waals surface area (Å²) >= 11 is 0. The summed E-state index contributed by atoms with van der Waals surface area (Å²) in [6.45, 7) is 4.76. The first-order valence-corrected chi connectivity index (χ1v) is 23.1. The molecule has 0 amide bonds. The van der Waals surface area contributed by atoms with Gasteiger partial charge in [0, 0.05) is 48.9 Å². The van der Waals surface area contributed by atoms with E-state index in [1.54, 1.807) is 0 Å². The van der Waals surface area contributed by atoms with Crippen molar-refractivity contribution in [2.75, 3.05) is 4.90 Å². The van der Waals surface area contributed by atoms with Crippen molar-refractivity contribution in [3.05, 3.63) is 230 Å². The van der Waals surface area contributed by atoms with Gasteiger partial charge in [-0.25, -0.2) is 0 Å². The minimum Gasteiger partial charge on any atom is -0.456 e. The first-order chi connectivity index (χ1) is 33.0. The van der Waals surface area contributed by atoms with Crippen LogP contribution in [0.3, 0.4) is 0 Å². The standard InChI is InChI=1S/C63H42N2O2/c1-63(2)49-28-10-3-19-39(49)45-27-17-33-55(61(45)63)65(52-31-13-6-22-42(52)44-26-18-36-58-59(44)48-25-9-16-35-57(48)66-58)54-38-37-46-43-23-8-15-34-56(43)67-62(46)60(54)47-24-7-14-32-53(47)64-50-29-11-4-20-40(50)41-21-5-12-30-51(41)64/h3-38H,1-2H3. The van der Waals surface area contributed by atoms with Gasteiger partial charge < -0.3 is 18.3 Å². The Morgan fingerprint density at radius 3 is 1.72 bits per heavy atom. The lowest BCUT2D eigenvalue weighted by molar-refractivity contribution is 0.660. The summed E-state index contributed by atoms with van der Waals surface area (Å²) < 4.78 is 16.2. The van der Waals surface area contributed by atoms with Crippen LogP contribution in [0.1, 0.15) is 25.0 Å². The zero-order valence-electron chi connectivity index (χ0n) is 37.0. The molecule has 0 N–H and O–H groups in total. The van der Waals surface area contributed by atoms with Crippen LogP contribution in [0.5, 0.6) is 0 Å². The molecular formula is C63H42N2O2. The average molecular weight is 859 g/mol. The molecule has 0 atom stereocenters. The minimum absolute atomic E-state index is 0.318. The molecule has 67 heavy (non-hydrogen) atoms. The lowest BCUT2D eigenvalue weighted by Crippen LogP contribution is -2.21. The maximum atomic E-state index is 7.19. The zero-order chi connectivity index (χ0) is 44.4. The molecule has 0 saturated heterocycles. The third-order valence-corrected chi connectivity index (χ3v) is 14.4. The Morgan fingerprint density at radius 2 is 0.925 bits per heavy atom. The molecule has 0 fully saturated rings. The molecule has 4 nitrogen and oxygen atoms in total. The summed E-state index contributed by atoms with van der Waals surface area (Å²) in [6, 6.07) is 78.9. The van der Waals surface area contributed by atoms with Gasteiger partial charge in [0.2, 0.25) is 0 Å². The molecule has 1 aliphatic carbocycles. The fraction of sp³-hybridized carbons (Fsp3) is 0.0476. The summed E-state index contributed by atoms with van der Waals surface area (Å²) in [7, 11) is 0. The average Bonchev–Trinajstić information content (AvgIpc) is 4.11. The van der Waals surface area contributed by atoms with E-state index in [9.17, 15) is 0 Å². The minimum atomic E-state index is -0.318. The number of hydrogen-bond donors (Lipinski definition) is 0. The smallest absolute Gasteiger partial charge is 0.145 e. The number of benzene rings is 10. The maximum absolute atomic E-state index is 7.19. The van der Waals surface area contributed by atoms with Crippen LogP contribution in [-0.2, 0) is 5.41 Å². The summed E-state index contributed by atoms with van der Waals surface area (Å²) in [5.74, 6) is 0. The van der Waals surface area contributed by atoms with Gasteiger partial charge in [-0.3, -0.25) is 0 Å². The molecule has 0 bridgehead atoms. The Morgan fingerprint density at radius 1 is 0.373 bits per heavy atom. The largest absolute Gasteiger partial charge is 0.456 e. The van der Waals surface area contributed by atoms with Crippen LogP contribution < -0.4 is 4.90 Å². The van der Waals surface area contributed by atoms with Crippen LogP contribution in [-0.4, -0.2) is 4.57 Å². The van der Waals surface area contributed by atoms with Gasteiger partial charge in [0.15, 0.2) is 0 Å². The van der Waals surface area contributed by atoms with Crippen molar-refractivity contribution in [3.63, 3.8) is 0 Å². The van der Waals surface area contributed by atoms with Crippen molar-refractivity contribution >= 4 is 82.7 Å². The zero-order valence-corrected chi connectivity index (χ0v) is 37.0. The van der Waals surface area contributed by atoms with Crippen LogP contribution in [0.25, 0.3) is 105 Å². The van der Waals surface area contributed by atoms with E-state index in [4.69, 9.17) is 8.83 Å². The Labute approximate surface area is 387 Å². The predicted octanol–water partition coefficient (Wildman–Crippen LogP) is 17.7. The van der Waals surface area contributed by atoms with Crippen molar-refractivity contribution in [2.45, 2.75) is 19.3 Å². The topological polar surface area (TPSA) is 34.5 Å². The second-order valence-corrected chi connectivity index (χ2v) is 18.3. The highest BCUT2D eigenvalue weighted by molar-refractivity contribution is 6.17. The first-order valence-electron chi connectivity index (χ1n) is 23.1. The molecule has 0 saturated carbocycles. The van der Waals surface area contributed by atoms with Crippen LogP contribution in [0, 0.1) is 0 Å². The second-order valence-electron chi connectivity index (χ2n) is 18.3. The SMILES string of the molecule is CC1(C)c2ccccc2-c2cccc(N(c3ccccc3-c3cccc4oc5ccccc5c34)c3ccc4c(oc5ccccc54)c3-c3ccccc3-n3c4ccccc4c4ccccc43)c21. The molecule has 0 unspecified atom stereocenters. The molecule has 316 valence electrons. The fourth-order valence-electron chi connectivity index (χ4n) is 11.6. The van der Waals surface area contributed by atoms with Gasteiger partial charge in [0.25, 0.3) is 0 Å². The molecule has 4 heteroatoms. The van der Waals surface area contributed by atoms with Gasteiger partial charge in [-0.2, -0.15) is 0 Å². The van der Waals surface area contributed by atoms with Crippen LogP contribution in [0.15, 0.2) is 227 Å². The Kier molecular flexibility index (Phi) is 8.00. The quantitative estimate of drug-likeness (QED) is 0.167. The van der Waals surface area contributed by atoms with E-state index in [1.807, 2.05) is 6.07 Å². The van der Waals surface area contributed by atoms with Crippen molar-refractivity contribution in [1.82, 2.24) is 4.57 Å². The number of anilines is 3. The number of nitrogens with zero attached hydrogens (tertiary/aromatic N) is 2. The number of para-hydroxylation sites is 6. The number of hydrogen-bond acceptors (Lipinski definition) is 3. The normalized spacial score (nSPS) is 13.0. The number of rotatable bonds is 6. The molecular weight excluding hydrogens is 817 g/mol. The maximum Gasteiger partial charge on any atom is 0.145 e. The van der Waals surface area contributed by atoms with Crippen molar-refractivity contribution in [2.24, 2.45) is 0 Å². The highest BCUT2D eigenvalue weighted by atomic mass is 16.3. The highest BCUT2D eigenvalue weighted by Gasteiger charge is 2.40. The van der Waals surface area contributed by atoms with E-state index in [0.29, 0.717) is 0 Å². The molecule has 10 aromatic carbocycles. The molecule has 3 aromatic heterocycles. The molecule has 14 rings (SSSR count). The van der Waals surface area contributed by atoms with Crippen LogP contribution in [0.2, 0.25) is 0 Å². The van der Waals surface area contributed by atoms with E-state index in [2.05, 4.69) is 236 Å². The summed E-state index contributed by atoms with van der Waals surface area (Å²) in [6.07, 6.45) is 0. The monoisotopic (exact) mass is 858 g/mol. The number of aromatic nitrogens is 1. The van der Waals surface area contributed by atoms with Crippen LogP contribution >= 0.6 is 0 Å². The summed E-state index contributed by atoms with van der Waals surface area (Å²) in [5, 5.41) is 6.78. The lowest BCUT2D eigenvalue weighted by atomic mass is 9.81. The van der Waals surface area contributed by atoms with E-state index < -0.39 is 0 Å². The van der Waals surface area contributed by atoms with Gasteiger partial charge in [-0.15, -0.1) is 0 Å². The molecule has 13 aromatic rings. The van der Waals surface area contributed by atoms with E-state index >= 15 is 0 Å². The van der Waals surface area contributed by atoms with Crippen LogP contribution in [0.4, 0.5) is 17.1 Å². The van der Waals surface area contributed by atoms with Gasteiger partial charge in [0.1, 0.15) is 22.3 Å². The van der Waals surface area contributed by atoms with Crippen molar-refractivity contribution < 1.29 is 8.83 Å². The van der Waals surface area contributed by atoms with Crippen molar-refractivity contribution in [1.29, 1.82) is 0 Å². The third kappa shape index (κ3) is 5.35. The third-order valence-electron chi connectivity index (χ3n) is 14.4. The highest BCUT2D eigenvalue weighted by Crippen LogP contribution is 2.57. The van der Waals surface area contributed by atoms with Gasteiger partial charge >= 0.3 is 0 Å². The van der Waals surface area contributed by atoms with Gasteiger partial charge in [0.05, 0.1) is 39.3 Å². The Hall–Kier alpha value is -8.60. The summed E-state index contributed by atoms with van der Waals surface area (Å²) in [5.41, 5.74) is 19.1. The summed E-state index contributed by atoms with van der Waals surface area (Å²) in [4.78, 5) is 2.54. The van der Waals surface area contributed by atoms with Crippen molar-refractivity contribution in [3.8, 4) is 39.1 Å². The molecule has 3 heterocycles. The molecule has 0 spiro atoms. The van der Waals surface area contributed by atoms with Gasteiger partial charge in [-0.05, 0) is 88.5 Å². The number of fused-ring (bicyclic) bond motifs is 12. The number of furan rings is 2. The fourth-order valence-corrected chi connectivity index (χ4v) is 11.6. The first kappa shape index (κ1) is 37.7. The van der Waals surface area contributed by atoms with E-state index in [-0.39, 0.29) is 5.41 Å².